The molecule has 1 atom stereocenters. The fourth-order valence-corrected chi connectivity index (χ4v) is 5.08. The van der Waals surface area contributed by atoms with E-state index in [-0.39, 0.29) is 33.7 Å². The lowest BCUT2D eigenvalue weighted by Crippen LogP contribution is -2.49. The van der Waals surface area contributed by atoms with Crippen molar-refractivity contribution in [2.24, 2.45) is 0 Å². The largest absolute Gasteiger partial charge is 0.371 e. The van der Waals surface area contributed by atoms with E-state index in [1.54, 1.807) is 30.1 Å². The van der Waals surface area contributed by atoms with Crippen LogP contribution in [-0.4, -0.2) is 91.9 Å². The Morgan fingerprint density at radius 1 is 1.03 bits per heavy atom. The maximum Gasteiger partial charge on any atom is 0.255 e. The predicted molar refractivity (Wildman–Crippen MR) is 152 cm³/mol. The molecule has 1 unspecified atom stereocenters. The Morgan fingerprint density at radius 3 is 2.11 bits per heavy atom. The molecule has 0 bridgehead atoms. The SMILES string of the molecule is C=C/C=C(\C(=C/CS(=O)(=O)CC)C(=O)N1CCN(/C(C=C)=C(F)/C=C(\C)S(=C)C)CC1)N1CCCC1. The number of rotatable bonds is 11. The van der Waals surface area contributed by atoms with Crippen molar-refractivity contribution in [3.8, 4) is 0 Å². The summed E-state index contributed by atoms with van der Waals surface area (Å²) >= 11 is 0. The van der Waals surface area contributed by atoms with Crippen LogP contribution < -0.4 is 0 Å². The van der Waals surface area contributed by atoms with Crippen molar-refractivity contribution < 1.29 is 17.6 Å². The third-order valence-corrected chi connectivity index (χ3v) is 9.21. The van der Waals surface area contributed by atoms with Gasteiger partial charge in [0.2, 0.25) is 0 Å². The molecule has 2 fully saturated rings. The normalized spacial score (nSPS) is 19.8. The Labute approximate surface area is 219 Å². The van der Waals surface area contributed by atoms with Gasteiger partial charge in [-0.15, -0.1) is 0 Å². The highest BCUT2D eigenvalue weighted by molar-refractivity contribution is 8.16. The van der Waals surface area contributed by atoms with E-state index in [9.17, 15) is 17.6 Å². The van der Waals surface area contributed by atoms with Crippen LogP contribution in [-0.2, 0) is 14.6 Å². The average molecular weight is 538 g/mol. The van der Waals surface area contributed by atoms with E-state index < -0.39 is 9.84 Å². The number of carbonyl (C=O) groups is 1. The fourth-order valence-electron chi connectivity index (χ4n) is 4.12. The predicted octanol–water partition coefficient (Wildman–Crippen LogP) is 4.26. The molecule has 0 N–H and O–H groups in total. The third-order valence-electron chi connectivity index (χ3n) is 6.44. The molecule has 2 rings (SSSR count). The Kier molecular flexibility index (Phi) is 11.4. The number of hydrogen-bond donors (Lipinski definition) is 0. The van der Waals surface area contributed by atoms with E-state index in [1.165, 1.54) is 12.2 Å². The van der Waals surface area contributed by atoms with E-state index in [1.807, 2.05) is 18.1 Å². The van der Waals surface area contributed by atoms with Crippen LogP contribution in [0.3, 0.4) is 0 Å². The third kappa shape index (κ3) is 8.06. The molecule has 0 aromatic carbocycles. The van der Waals surface area contributed by atoms with Crippen molar-refractivity contribution >= 4 is 32.1 Å². The summed E-state index contributed by atoms with van der Waals surface area (Å²) < 4.78 is 39.5. The van der Waals surface area contributed by atoms with Crippen molar-refractivity contribution in [2.45, 2.75) is 26.7 Å². The molecule has 2 saturated heterocycles. The van der Waals surface area contributed by atoms with Crippen molar-refractivity contribution in [2.75, 3.05) is 57.0 Å². The van der Waals surface area contributed by atoms with Gasteiger partial charge in [0, 0.05) is 50.7 Å². The Balaban J connectivity index is 2.29. The molecule has 200 valence electrons. The Hall–Kier alpha value is -2.39. The quantitative estimate of drug-likeness (QED) is 0.224. The second-order valence-corrected chi connectivity index (χ2v) is 13.2. The summed E-state index contributed by atoms with van der Waals surface area (Å²) in [5, 5.41) is 0. The number of piperazine rings is 1. The highest BCUT2D eigenvalue weighted by Crippen LogP contribution is 2.26. The molecule has 9 heteroatoms. The number of carbonyl (C=O) groups excluding carboxylic acids is 1. The Bertz CT molecular complexity index is 1090. The molecule has 6 nitrogen and oxygen atoms in total. The first-order valence-electron chi connectivity index (χ1n) is 12.2. The first kappa shape index (κ1) is 29.8. The van der Waals surface area contributed by atoms with Crippen LogP contribution in [0.2, 0.25) is 0 Å². The van der Waals surface area contributed by atoms with Gasteiger partial charge in [0.15, 0.2) is 9.84 Å². The monoisotopic (exact) mass is 537 g/mol. The van der Waals surface area contributed by atoms with E-state index in [2.05, 4.69) is 23.9 Å². The van der Waals surface area contributed by atoms with Crippen LogP contribution >= 0.6 is 10.5 Å². The molecule has 0 aromatic heterocycles. The van der Waals surface area contributed by atoms with Crippen molar-refractivity contribution in [3.05, 3.63) is 71.2 Å². The van der Waals surface area contributed by atoms with Gasteiger partial charge in [0.1, 0.15) is 5.83 Å². The zero-order valence-electron chi connectivity index (χ0n) is 21.8. The molecule has 0 aromatic rings. The van der Waals surface area contributed by atoms with Gasteiger partial charge in [-0.2, -0.15) is 10.5 Å². The molecular formula is C27H40FN3O3S2. The van der Waals surface area contributed by atoms with Gasteiger partial charge in [-0.05, 0) is 49.2 Å². The minimum absolute atomic E-state index is 0.0113. The highest BCUT2D eigenvalue weighted by Gasteiger charge is 2.29. The lowest BCUT2D eigenvalue weighted by molar-refractivity contribution is -0.128. The van der Waals surface area contributed by atoms with Crippen LogP contribution in [0.4, 0.5) is 4.39 Å². The first-order valence-corrected chi connectivity index (χ1v) is 15.9. The van der Waals surface area contributed by atoms with Gasteiger partial charge in [0.05, 0.1) is 17.0 Å². The van der Waals surface area contributed by atoms with Crippen LogP contribution in [0.15, 0.2) is 71.2 Å². The summed E-state index contributed by atoms with van der Waals surface area (Å²) in [7, 11) is -3.57. The van der Waals surface area contributed by atoms with Gasteiger partial charge in [-0.1, -0.05) is 38.1 Å². The number of nitrogens with zero attached hydrogens (tertiary/aromatic N) is 3. The van der Waals surface area contributed by atoms with E-state index in [0.717, 1.165) is 30.8 Å². The molecule has 2 aliphatic heterocycles. The number of sulfone groups is 1. The summed E-state index contributed by atoms with van der Waals surface area (Å²) in [5.41, 5.74) is 1.50. The smallest absolute Gasteiger partial charge is 0.255 e. The van der Waals surface area contributed by atoms with E-state index in [4.69, 9.17) is 0 Å². The van der Waals surface area contributed by atoms with Gasteiger partial charge in [-0.25, -0.2) is 12.8 Å². The summed E-state index contributed by atoms with van der Waals surface area (Å²) in [5.74, 6) is 3.20. The minimum atomic E-state index is -3.30. The molecule has 0 radical (unpaired) electrons. The maximum atomic E-state index is 15.0. The second kappa shape index (κ2) is 13.8. The summed E-state index contributed by atoms with van der Waals surface area (Å²) in [6, 6.07) is 0. The lowest BCUT2D eigenvalue weighted by atomic mass is 10.1. The topological polar surface area (TPSA) is 60.9 Å². The molecule has 0 aliphatic carbocycles. The average Bonchev–Trinajstić information content (AvgIpc) is 3.38. The minimum Gasteiger partial charge on any atom is -0.371 e. The first-order chi connectivity index (χ1) is 17.0. The molecule has 36 heavy (non-hydrogen) atoms. The van der Waals surface area contributed by atoms with Crippen molar-refractivity contribution in [1.29, 1.82) is 0 Å². The molecular weight excluding hydrogens is 497 g/mol. The maximum absolute atomic E-state index is 15.0. The summed E-state index contributed by atoms with van der Waals surface area (Å²) in [4.78, 5) is 20.3. The number of halogens is 1. The van der Waals surface area contributed by atoms with Gasteiger partial charge in [-0.3, -0.25) is 4.79 Å². The zero-order valence-corrected chi connectivity index (χ0v) is 23.5. The Morgan fingerprint density at radius 2 is 1.61 bits per heavy atom. The number of allylic oxidation sites excluding steroid dienone is 6. The number of amides is 1. The molecule has 0 spiro atoms. The summed E-state index contributed by atoms with van der Waals surface area (Å²) in [6.07, 6.45) is 11.9. The number of hydrogen-bond acceptors (Lipinski definition) is 5. The standard InChI is InChI=1S/C27H40FN3O3S2/c1-7-12-26(29-14-10-11-15-29)23(13-20-36(33,34)9-3)27(32)31-18-16-30(17-19-31)25(8-2)24(28)21-22(4)35(5)6/h7-8,12-13,21H,1-2,5,9-11,14-20H2,3-4,6H3/b22-21+,23-13+,25-24-,26-12+. The molecule has 2 heterocycles. The van der Waals surface area contributed by atoms with Gasteiger partial charge >= 0.3 is 0 Å². The van der Waals surface area contributed by atoms with Crippen molar-refractivity contribution in [1.82, 2.24) is 14.7 Å². The highest BCUT2D eigenvalue weighted by atomic mass is 32.2. The number of likely N-dealkylation sites (tertiary alicyclic amines) is 1. The van der Waals surface area contributed by atoms with Gasteiger partial charge < -0.3 is 14.7 Å². The second-order valence-electron chi connectivity index (χ2n) is 8.91. The van der Waals surface area contributed by atoms with E-state index in [0.29, 0.717) is 43.1 Å². The van der Waals surface area contributed by atoms with Crippen molar-refractivity contribution in [3.63, 3.8) is 0 Å². The van der Waals surface area contributed by atoms with Crippen LogP contribution in [0.5, 0.6) is 0 Å². The van der Waals surface area contributed by atoms with Crippen LogP contribution in [0.1, 0.15) is 26.7 Å². The fraction of sp³-hybridized carbons (Fsp3) is 0.481. The van der Waals surface area contributed by atoms with Crippen LogP contribution in [0.25, 0.3) is 0 Å². The molecule has 1 amide bonds. The summed E-state index contributed by atoms with van der Waals surface area (Å²) in [6.45, 7) is 14.3. The molecule has 0 saturated carbocycles. The lowest BCUT2D eigenvalue weighted by Gasteiger charge is -2.37. The zero-order chi connectivity index (χ0) is 26.9. The van der Waals surface area contributed by atoms with Gasteiger partial charge in [0.25, 0.3) is 5.91 Å². The van der Waals surface area contributed by atoms with Crippen LogP contribution in [0, 0.1) is 0 Å². The molecule has 2 aliphatic rings. The van der Waals surface area contributed by atoms with E-state index >= 15 is 0 Å².